The van der Waals surface area contributed by atoms with Crippen molar-refractivity contribution in [3.8, 4) is 0 Å². The lowest BCUT2D eigenvalue weighted by atomic mass is 10.2. The largest absolute Gasteiger partial charge is 0.402 e. The molecule has 0 aliphatic heterocycles. The molecule has 0 heterocycles. The second kappa shape index (κ2) is 5.94. The first-order valence-corrected chi connectivity index (χ1v) is 7.98. The molecule has 8 heteroatoms. The molecule has 0 unspecified atom stereocenters. The van der Waals surface area contributed by atoms with Gasteiger partial charge in [-0.2, -0.15) is 17.5 Å². The number of nitrogens with zero attached hydrogens (tertiary/aromatic N) is 1. The van der Waals surface area contributed by atoms with Crippen LogP contribution < -0.4 is 5.32 Å². The third-order valence-corrected chi connectivity index (χ3v) is 5.13. The summed E-state index contributed by atoms with van der Waals surface area (Å²) in [4.78, 5) is -0.0788. The fraction of sp³-hybridized carbons (Fsp3) is 0.538. The normalized spacial score (nSPS) is 16.4. The summed E-state index contributed by atoms with van der Waals surface area (Å²) >= 11 is 0. The molecule has 4 nitrogen and oxygen atoms in total. The summed E-state index contributed by atoms with van der Waals surface area (Å²) in [7, 11) is -3.22. The SMILES string of the molecule is CN(CC(F)(F)F)S(=O)(=O)c1ccccc1CNC1CC1. The van der Waals surface area contributed by atoms with E-state index in [-0.39, 0.29) is 4.90 Å². The van der Waals surface area contributed by atoms with Crippen molar-refractivity contribution in [3.05, 3.63) is 29.8 Å². The molecule has 1 aliphatic carbocycles. The van der Waals surface area contributed by atoms with E-state index in [0.29, 0.717) is 22.5 Å². The average Bonchev–Trinajstić information content (AvgIpc) is 3.18. The minimum atomic E-state index is -4.57. The summed E-state index contributed by atoms with van der Waals surface area (Å²) in [5.74, 6) is 0. The molecule has 0 aromatic heterocycles. The molecule has 0 bridgehead atoms. The predicted octanol–water partition coefficient (Wildman–Crippen LogP) is 2.12. The zero-order chi connectivity index (χ0) is 15.7. The summed E-state index contributed by atoms with van der Waals surface area (Å²) in [5.41, 5.74) is 0.485. The van der Waals surface area contributed by atoms with Gasteiger partial charge < -0.3 is 5.32 Å². The van der Waals surface area contributed by atoms with E-state index in [1.165, 1.54) is 12.1 Å². The fourth-order valence-electron chi connectivity index (χ4n) is 1.95. The number of sulfonamides is 1. The third-order valence-electron chi connectivity index (χ3n) is 3.22. The standard InChI is InChI=1S/C13H17F3N2O2S/c1-18(9-13(14,15)16)21(19,20)12-5-3-2-4-10(12)8-17-11-6-7-11/h2-5,11,17H,6-9H2,1H3. The van der Waals surface area contributed by atoms with Crippen LogP contribution in [0.15, 0.2) is 29.2 Å². The van der Waals surface area contributed by atoms with E-state index >= 15 is 0 Å². The Bertz CT molecular complexity index is 598. The molecular formula is C13H17F3N2O2S. The Hall–Kier alpha value is -1.12. The Morgan fingerprint density at radius 2 is 1.90 bits per heavy atom. The van der Waals surface area contributed by atoms with Crippen molar-refractivity contribution in [2.75, 3.05) is 13.6 Å². The van der Waals surface area contributed by atoms with E-state index < -0.39 is 22.7 Å². The molecule has 0 atom stereocenters. The van der Waals surface area contributed by atoms with Gasteiger partial charge in [-0.3, -0.25) is 0 Å². The zero-order valence-electron chi connectivity index (χ0n) is 11.5. The first-order chi connectivity index (χ1) is 9.70. The van der Waals surface area contributed by atoms with Gasteiger partial charge in [-0.05, 0) is 24.5 Å². The minimum Gasteiger partial charge on any atom is -0.310 e. The number of hydrogen-bond donors (Lipinski definition) is 1. The van der Waals surface area contributed by atoms with Gasteiger partial charge in [0.15, 0.2) is 0 Å². The molecular weight excluding hydrogens is 305 g/mol. The van der Waals surface area contributed by atoms with E-state index in [4.69, 9.17) is 0 Å². The van der Waals surface area contributed by atoms with Gasteiger partial charge in [0.2, 0.25) is 10.0 Å². The fourth-order valence-corrected chi connectivity index (χ4v) is 3.32. The van der Waals surface area contributed by atoms with E-state index in [0.717, 1.165) is 19.9 Å². The van der Waals surface area contributed by atoms with Gasteiger partial charge in [-0.15, -0.1) is 0 Å². The minimum absolute atomic E-state index is 0.0788. The van der Waals surface area contributed by atoms with Crippen molar-refractivity contribution < 1.29 is 21.6 Å². The van der Waals surface area contributed by atoms with Crippen LogP contribution in [0.2, 0.25) is 0 Å². The van der Waals surface area contributed by atoms with Gasteiger partial charge in [0.1, 0.15) is 6.54 Å². The average molecular weight is 322 g/mol. The highest BCUT2D eigenvalue weighted by Crippen LogP contribution is 2.25. The van der Waals surface area contributed by atoms with Crippen molar-refractivity contribution in [1.82, 2.24) is 9.62 Å². The van der Waals surface area contributed by atoms with Crippen molar-refractivity contribution in [2.24, 2.45) is 0 Å². The number of hydrogen-bond acceptors (Lipinski definition) is 3. The van der Waals surface area contributed by atoms with Gasteiger partial charge in [-0.1, -0.05) is 18.2 Å². The quantitative estimate of drug-likeness (QED) is 0.873. The Morgan fingerprint density at radius 1 is 1.29 bits per heavy atom. The van der Waals surface area contributed by atoms with Crippen molar-refractivity contribution in [1.29, 1.82) is 0 Å². The first-order valence-electron chi connectivity index (χ1n) is 6.54. The lowest BCUT2D eigenvalue weighted by molar-refractivity contribution is -0.134. The van der Waals surface area contributed by atoms with Gasteiger partial charge >= 0.3 is 6.18 Å². The molecule has 0 radical (unpaired) electrons. The van der Waals surface area contributed by atoms with Crippen LogP contribution in [0.4, 0.5) is 13.2 Å². The van der Waals surface area contributed by atoms with E-state index in [1.54, 1.807) is 12.1 Å². The predicted molar refractivity (Wildman–Crippen MR) is 72.2 cm³/mol. The zero-order valence-corrected chi connectivity index (χ0v) is 12.3. The lowest BCUT2D eigenvalue weighted by Gasteiger charge is -2.20. The molecule has 1 saturated carbocycles. The maximum atomic E-state index is 12.4. The Kier molecular flexibility index (Phi) is 4.60. The molecule has 1 aromatic rings. The number of benzene rings is 1. The van der Waals surface area contributed by atoms with Crippen molar-refractivity contribution in [3.63, 3.8) is 0 Å². The molecule has 1 aromatic carbocycles. The van der Waals surface area contributed by atoms with Crippen molar-refractivity contribution in [2.45, 2.75) is 36.5 Å². The van der Waals surface area contributed by atoms with Crippen LogP contribution in [0.25, 0.3) is 0 Å². The number of alkyl halides is 3. The van der Waals surface area contributed by atoms with Gasteiger partial charge in [0, 0.05) is 19.6 Å². The van der Waals surface area contributed by atoms with Crippen LogP contribution >= 0.6 is 0 Å². The van der Waals surface area contributed by atoms with E-state index in [1.807, 2.05) is 0 Å². The number of rotatable bonds is 6. The summed E-state index contributed by atoms with van der Waals surface area (Å²) in [6.07, 6.45) is -2.48. The maximum absolute atomic E-state index is 12.4. The highest BCUT2D eigenvalue weighted by atomic mass is 32.2. The van der Waals surface area contributed by atoms with Crippen LogP contribution in [0, 0.1) is 0 Å². The molecule has 118 valence electrons. The summed E-state index contributed by atoms with van der Waals surface area (Å²) in [6.45, 7) is -1.17. The monoisotopic (exact) mass is 322 g/mol. The summed E-state index contributed by atoms with van der Waals surface area (Å²) < 4.78 is 62.1. The summed E-state index contributed by atoms with van der Waals surface area (Å²) in [5, 5.41) is 3.17. The Morgan fingerprint density at radius 3 is 2.48 bits per heavy atom. The molecule has 1 fully saturated rings. The molecule has 0 amide bonds. The molecule has 1 N–H and O–H groups in total. The number of nitrogens with one attached hydrogen (secondary N) is 1. The molecule has 1 aliphatic rings. The first kappa shape index (κ1) is 16.3. The van der Waals surface area contributed by atoms with E-state index in [9.17, 15) is 21.6 Å². The second-order valence-corrected chi connectivity index (χ2v) is 7.15. The van der Waals surface area contributed by atoms with E-state index in [2.05, 4.69) is 5.32 Å². The van der Waals surface area contributed by atoms with Gasteiger partial charge in [0.25, 0.3) is 0 Å². The third kappa shape index (κ3) is 4.42. The highest BCUT2D eigenvalue weighted by Gasteiger charge is 2.35. The van der Waals surface area contributed by atoms with Gasteiger partial charge in [-0.25, -0.2) is 8.42 Å². The Labute approximate surface area is 122 Å². The highest BCUT2D eigenvalue weighted by molar-refractivity contribution is 7.89. The van der Waals surface area contributed by atoms with Crippen LogP contribution in [0.3, 0.4) is 0 Å². The smallest absolute Gasteiger partial charge is 0.310 e. The topological polar surface area (TPSA) is 49.4 Å². The molecule has 21 heavy (non-hydrogen) atoms. The molecule has 0 saturated heterocycles. The van der Waals surface area contributed by atoms with Crippen molar-refractivity contribution >= 4 is 10.0 Å². The van der Waals surface area contributed by atoms with Crippen LogP contribution in [0.5, 0.6) is 0 Å². The molecule has 2 rings (SSSR count). The van der Waals surface area contributed by atoms with Crippen LogP contribution in [-0.4, -0.2) is 38.5 Å². The van der Waals surface area contributed by atoms with Crippen LogP contribution in [0.1, 0.15) is 18.4 Å². The van der Waals surface area contributed by atoms with Crippen LogP contribution in [-0.2, 0) is 16.6 Å². The summed E-state index contributed by atoms with van der Waals surface area (Å²) in [6, 6.07) is 6.52. The lowest BCUT2D eigenvalue weighted by Crippen LogP contribution is -2.36. The number of halogens is 3. The maximum Gasteiger partial charge on any atom is 0.402 e. The second-order valence-electron chi connectivity index (χ2n) is 5.14. The Balaban J connectivity index is 2.21. The molecule has 0 spiro atoms. The van der Waals surface area contributed by atoms with Gasteiger partial charge in [0.05, 0.1) is 4.90 Å².